The summed E-state index contributed by atoms with van der Waals surface area (Å²) in [4.78, 5) is 103. The van der Waals surface area contributed by atoms with Gasteiger partial charge in [0.15, 0.2) is 8.32 Å². The molecule has 3 fully saturated rings. The minimum atomic E-state index is -2.38. The first-order valence-corrected chi connectivity index (χ1v) is 28.4. The second-order valence-electron chi connectivity index (χ2n) is 22.9. The van der Waals surface area contributed by atoms with Crippen molar-refractivity contribution < 1.29 is 47.5 Å². The highest BCUT2D eigenvalue weighted by atomic mass is 32.2. The van der Waals surface area contributed by atoms with Crippen LogP contribution in [0.15, 0.2) is 0 Å². The van der Waals surface area contributed by atoms with Gasteiger partial charge in [-0.3, -0.25) is 33.7 Å². The topological polar surface area (TPSA) is 226 Å². The van der Waals surface area contributed by atoms with Crippen LogP contribution in [0.1, 0.15) is 135 Å². The lowest BCUT2D eigenvalue weighted by Gasteiger charge is -2.36. The summed E-state index contributed by atoms with van der Waals surface area (Å²) < 4.78 is 18.3. The van der Waals surface area contributed by atoms with Crippen LogP contribution in [0.3, 0.4) is 0 Å². The van der Waals surface area contributed by atoms with Crippen LogP contribution in [0.2, 0.25) is 18.1 Å². The number of fused-ring (bicyclic) bond motifs is 2. The van der Waals surface area contributed by atoms with E-state index in [2.05, 4.69) is 65.8 Å². The van der Waals surface area contributed by atoms with Crippen molar-refractivity contribution in [2.24, 2.45) is 0 Å². The number of carbonyl (C=O) groups is 7. The minimum Gasteiger partial charge on any atom is -0.444 e. The van der Waals surface area contributed by atoms with Crippen molar-refractivity contribution in [3.8, 4) is 0 Å². The maximum absolute atomic E-state index is 14.8. The number of rotatable bonds is 14. The largest absolute Gasteiger partial charge is 0.444 e. The van der Waals surface area contributed by atoms with E-state index in [1.165, 1.54) is 11.8 Å². The fraction of sp³-hybridized carbons (Fsp3) is 0.851. The Morgan fingerprint density at radius 3 is 1.99 bits per heavy atom. The third kappa shape index (κ3) is 17.5. The van der Waals surface area contributed by atoms with E-state index >= 15 is 0 Å². The number of nitrogens with one attached hydrogen (secondary N) is 6. The van der Waals surface area contributed by atoms with Gasteiger partial charge in [0.05, 0.1) is 36.4 Å². The molecule has 3 saturated heterocycles. The smallest absolute Gasteiger partial charge is 0.407 e. The molecule has 3 aliphatic rings. The van der Waals surface area contributed by atoms with Crippen molar-refractivity contribution >= 4 is 61.6 Å². The van der Waals surface area contributed by atoms with Crippen molar-refractivity contribution in [3.63, 3.8) is 0 Å². The third-order valence-electron chi connectivity index (χ3n) is 12.5. The quantitative estimate of drug-likeness (QED) is 0.0827. The lowest BCUT2D eigenvalue weighted by molar-refractivity contribution is -0.142. The van der Waals surface area contributed by atoms with Crippen LogP contribution in [0.4, 0.5) is 4.79 Å². The number of hydrogen-bond donors (Lipinski definition) is 6. The Bertz CT molecular complexity index is 1760. The Balaban J connectivity index is 2.17. The van der Waals surface area contributed by atoms with Crippen LogP contribution in [0.25, 0.3) is 0 Å². The predicted octanol–water partition coefficient (Wildman–Crippen LogP) is 3.96. The van der Waals surface area contributed by atoms with Gasteiger partial charge in [0, 0.05) is 12.1 Å². The third-order valence-corrected chi connectivity index (χ3v) is 17.6. The van der Waals surface area contributed by atoms with Crippen LogP contribution in [-0.4, -0.2) is 163 Å². The molecule has 0 aromatic carbocycles. The molecule has 1 unspecified atom stereocenters. The Morgan fingerprint density at radius 2 is 1.42 bits per heavy atom. The maximum atomic E-state index is 14.8. The van der Waals surface area contributed by atoms with Gasteiger partial charge in [-0.05, 0) is 151 Å². The van der Waals surface area contributed by atoms with E-state index in [1.54, 1.807) is 39.5 Å². The summed E-state index contributed by atoms with van der Waals surface area (Å²) in [5.41, 5.74) is -2.07. The van der Waals surface area contributed by atoms with Crippen molar-refractivity contribution in [3.05, 3.63) is 0 Å². The Labute approximate surface area is 405 Å². The number of ether oxygens (including phenoxy) is 2. The highest BCUT2D eigenvalue weighted by Crippen LogP contribution is 2.41. The van der Waals surface area contributed by atoms with Gasteiger partial charge in [0.25, 0.3) is 0 Å². The molecule has 7 amide bonds. The summed E-state index contributed by atoms with van der Waals surface area (Å²) in [6.45, 7) is 31.0. The lowest BCUT2D eigenvalue weighted by Crippen LogP contribution is -2.63. The number of nitrogens with zero attached hydrogens (tertiary/aromatic N) is 2. The summed E-state index contributed by atoms with van der Waals surface area (Å²) in [5.74, 6) is -2.70. The van der Waals surface area contributed by atoms with E-state index in [0.717, 1.165) is 0 Å². The van der Waals surface area contributed by atoms with E-state index in [4.69, 9.17) is 13.9 Å². The van der Waals surface area contributed by atoms with Gasteiger partial charge in [-0.2, -0.15) is 11.8 Å². The Hall–Kier alpha value is -3.46. The number of thioether (sulfide) groups is 1. The van der Waals surface area contributed by atoms with Crippen LogP contribution < -0.4 is 31.9 Å². The zero-order valence-corrected chi connectivity index (χ0v) is 45.5. The molecule has 3 heterocycles. The second-order valence-corrected chi connectivity index (χ2v) is 28.7. The molecule has 0 saturated carbocycles. The van der Waals surface area contributed by atoms with E-state index < -0.39 is 115 Å². The van der Waals surface area contributed by atoms with Gasteiger partial charge < -0.3 is 50.7 Å². The van der Waals surface area contributed by atoms with E-state index in [1.807, 2.05) is 52.7 Å². The first kappa shape index (κ1) is 57.9. The number of hydrogen-bond acceptors (Lipinski definition) is 12. The van der Waals surface area contributed by atoms with Crippen molar-refractivity contribution in [1.29, 1.82) is 0 Å². The zero-order valence-electron chi connectivity index (χ0n) is 43.7. The molecule has 9 atom stereocenters. The lowest BCUT2D eigenvalue weighted by atomic mass is 10.0. The molecule has 18 nitrogen and oxygen atoms in total. The van der Waals surface area contributed by atoms with E-state index in [0.29, 0.717) is 38.0 Å². The highest BCUT2D eigenvalue weighted by molar-refractivity contribution is 7.98. The van der Waals surface area contributed by atoms with Gasteiger partial charge in [-0.1, -0.05) is 20.8 Å². The molecular weight excluding hydrogens is 897 g/mol. The monoisotopic (exact) mass is 983 g/mol. The second kappa shape index (κ2) is 23.4. The molecule has 384 valence electrons. The summed E-state index contributed by atoms with van der Waals surface area (Å²) in [6.07, 6.45) is 2.53. The predicted molar refractivity (Wildman–Crippen MR) is 264 cm³/mol. The van der Waals surface area contributed by atoms with Crippen molar-refractivity contribution in [1.82, 2.24) is 41.7 Å². The normalized spacial score (nSPS) is 27.0. The molecule has 20 heteroatoms. The Kier molecular flexibility index (Phi) is 20.2. The minimum absolute atomic E-state index is 0.132. The van der Waals surface area contributed by atoms with Crippen molar-refractivity contribution in [2.75, 3.05) is 31.7 Å². The molecule has 3 aliphatic heterocycles. The zero-order chi connectivity index (χ0) is 51.0. The molecule has 6 N–H and O–H groups in total. The molecule has 0 aromatic heterocycles. The van der Waals surface area contributed by atoms with Crippen LogP contribution in [-0.2, 0) is 42.7 Å². The molecule has 3 rings (SSSR count). The Morgan fingerprint density at radius 1 is 0.821 bits per heavy atom. The summed E-state index contributed by atoms with van der Waals surface area (Å²) in [7, 11) is -2.38. The first-order valence-electron chi connectivity index (χ1n) is 24.1. The number of carbonyl (C=O) groups excluding carboxylic acids is 7. The average Bonchev–Trinajstić information content (AvgIpc) is 3.65. The number of alkyl carbamates (subject to hydrolysis) is 1. The molecule has 0 bridgehead atoms. The average molecular weight is 983 g/mol. The van der Waals surface area contributed by atoms with Crippen LogP contribution in [0.5, 0.6) is 0 Å². The van der Waals surface area contributed by atoms with Gasteiger partial charge in [0.2, 0.25) is 35.4 Å². The summed E-state index contributed by atoms with van der Waals surface area (Å²) >= 11 is 1.47. The number of unbranched alkanes of at least 4 members (excludes halogenated alkanes) is 1. The van der Waals surface area contributed by atoms with E-state index in [-0.39, 0.29) is 36.9 Å². The fourth-order valence-electron chi connectivity index (χ4n) is 8.17. The first-order chi connectivity index (χ1) is 30.7. The summed E-state index contributed by atoms with van der Waals surface area (Å²) in [6, 6.07) is -7.79. The molecule has 67 heavy (non-hydrogen) atoms. The SMILES string of the molecule is CSCC[C@@H]1NC(=O)C([C@@H](C)OC(C)(C)C)NC(=O)[C@@H]2CCCN2[C@H](C(=O)NC(C)(C)C)[C@@H]2[C@@H](CO[Si](C)(C)C(C)(C)C)N2C(=O)[C@H](C)NC(=O)[C@H](CCCCNC(=O)OC(C)(C)C)NC1=O. The maximum Gasteiger partial charge on any atom is 0.407 e. The van der Waals surface area contributed by atoms with Gasteiger partial charge in [-0.15, -0.1) is 0 Å². The van der Waals surface area contributed by atoms with E-state index in [9.17, 15) is 33.6 Å². The van der Waals surface area contributed by atoms with Gasteiger partial charge >= 0.3 is 6.09 Å². The van der Waals surface area contributed by atoms with Gasteiger partial charge in [-0.25, -0.2) is 4.79 Å². The van der Waals surface area contributed by atoms with Crippen molar-refractivity contribution in [2.45, 2.75) is 225 Å². The van der Waals surface area contributed by atoms with Crippen LogP contribution in [0, 0.1) is 0 Å². The standard InChI is InChI=1S/C47H86N8O10SSi/c1-28-42(61)55-33(27-63-67(16,17)47(12,13)14)35(55)36(41(60)53-44(3,4)5)54-25-20-22-32(54)39(58)52-34(29(2)64-45(6,7)8)40(59)51-31(23-26-66-15)38(57)50-30(37(56)49-28)21-18-19-24-48-43(62)65-46(9,10)11/h28-36H,18-27H2,1-17H3,(H,48,62)(H,49,56)(H,50,57)(H,51,59)(H,52,58)(H,53,60)/t28-,29+,30-,31-,32-,33+,34?,35-,36-,55?/m0/s1. The molecule has 0 spiro atoms. The number of amides is 7. The highest BCUT2D eigenvalue weighted by Gasteiger charge is 2.61. The molecule has 0 aromatic rings. The molecule has 0 aliphatic carbocycles. The fourth-order valence-corrected chi connectivity index (χ4v) is 9.66. The van der Waals surface area contributed by atoms with Crippen LogP contribution >= 0.6 is 11.8 Å². The molecular formula is C47H86N8O10SSi. The summed E-state index contributed by atoms with van der Waals surface area (Å²) in [5, 5.41) is 17.2. The molecule has 0 radical (unpaired) electrons. The van der Waals surface area contributed by atoms with Gasteiger partial charge in [0.1, 0.15) is 35.8 Å².